The summed E-state index contributed by atoms with van der Waals surface area (Å²) in [5, 5.41) is 3.57. The summed E-state index contributed by atoms with van der Waals surface area (Å²) in [5.41, 5.74) is -0.194. The number of rotatable bonds is 6. The van der Waals surface area contributed by atoms with Crippen LogP contribution in [0.4, 0.5) is 29.5 Å². The second-order valence-electron chi connectivity index (χ2n) is 10.1. The van der Waals surface area contributed by atoms with Crippen LogP contribution in [0.2, 0.25) is 5.15 Å². The molecule has 0 radical (unpaired) electrons. The summed E-state index contributed by atoms with van der Waals surface area (Å²) >= 11 is 7.47. The molecule has 14 heteroatoms. The van der Waals surface area contributed by atoms with Crippen LogP contribution in [0.15, 0.2) is 35.5 Å². The van der Waals surface area contributed by atoms with Crippen LogP contribution in [0.1, 0.15) is 26.3 Å². The van der Waals surface area contributed by atoms with Gasteiger partial charge in [0.1, 0.15) is 11.0 Å². The molecular weight excluding hydrogens is 567 g/mol. The smallest absolute Gasteiger partial charge is 0.368 e. The average Bonchev–Trinajstić information content (AvgIpc) is 2.90. The predicted octanol–water partition coefficient (Wildman–Crippen LogP) is 4.22. The van der Waals surface area contributed by atoms with Gasteiger partial charge in [0.05, 0.1) is 11.3 Å². The third-order valence-corrected chi connectivity index (χ3v) is 7.81. The van der Waals surface area contributed by atoms with Crippen molar-refractivity contribution in [3.05, 3.63) is 41.0 Å². The Morgan fingerprint density at radius 1 is 1.07 bits per heavy atom. The summed E-state index contributed by atoms with van der Waals surface area (Å²) in [6.45, 7) is 9.22. The van der Waals surface area contributed by atoms with Crippen molar-refractivity contribution in [1.29, 1.82) is 0 Å². The summed E-state index contributed by atoms with van der Waals surface area (Å²) < 4.78 is 39.2. The van der Waals surface area contributed by atoms with E-state index in [1.54, 1.807) is 21.9 Å². The molecule has 4 rings (SSSR count). The van der Waals surface area contributed by atoms with E-state index < -0.39 is 11.7 Å². The zero-order valence-corrected chi connectivity index (χ0v) is 24.2. The van der Waals surface area contributed by atoms with Crippen molar-refractivity contribution in [2.75, 3.05) is 61.4 Å². The van der Waals surface area contributed by atoms with Gasteiger partial charge in [-0.1, -0.05) is 29.4 Å². The van der Waals surface area contributed by atoms with Gasteiger partial charge in [-0.2, -0.15) is 13.2 Å². The molecule has 0 saturated carbocycles. The number of nitrogens with one attached hydrogen (secondary N) is 1. The Balaban J connectivity index is 1.30. The molecule has 0 spiro atoms. The first-order chi connectivity index (χ1) is 18.9. The molecule has 9 nitrogen and oxygen atoms in total. The van der Waals surface area contributed by atoms with Crippen molar-refractivity contribution in [2.24, 2.45) is 0 Å². The molecule has 2 fully saturated rings. The van der Waals surface area contributed by atoms with Crippen LogP contribution in [-0.4, -0.2) is 95.4 Å². The molecule has 1 N–H and O–H groups in total. The number of nitrogens with zero attached hydrogens (tertiary/aromatic N) is 6. The van der Waals surface area contributed by atoms with Crippen molar-refractivity contribution in [1.82, 2.24) is 25.1 Å². The molecule has 218 valence electrons. The Bertz CT molecular complexity index is 1210. The molecule has 1 aromatic carbocycles. The van der Waals surface area contributed by atoms with Crippen molar-refractivity contribution in [3.63, 3.8) is 0 Å². The zero-order chi connectivity index (χ0) is 29.0. The number of urea groups is 1. The number of amides is 3. The van der Waals surface area contributed by atoms with Crippen molar-refractivity contribution in [2.45, 2.75) is 44.2 Å². The SMILES string of the molecule is CC(C)NC(=O)N1CCN(c2cc(Cl)nc(SCC(=O)N3CCN(c4cccc(C(F)(F)F)c4)CC3)n2)CC1C. The number of alkyl halides is 3. The molecule has 2 aromatic rings. The molecule has 1 atom stereocenters. The quantitative estimate of drug-likeness (QED) is 0.302. The lowest BCUT2D eigenvalue weighted by atomic mass is 10.1. The molecule has 1 aromatic heterocycles. The van der Waals surface area contributed by atoms with E-state index in [2.05, 4.69) is 20.2 Å². The van der Waals surface area contributed by atoms with Crippen molar-refractivity contribution < 1.29 is 22.8 Å². The van der Waals surface area contributed by atoms with E-state index in [4.69, 9.17) is 11.6 Å². The summed E-state index contributed by atoms with van der Waals surface area (Å²) in [7, 11) is 0. The summed E-state index contributed by atoms with van der Waals surface area (Å²) in [6.07, 6.45) is -4.40. The van der Waals surface area contributed by atoms with Gasteiger partial charge >= 0.3 is 12.2 Å². The lowest BCUT2D eigenvalue weighted by Crippen LogP contribution is -2.57. The van der Waals surface area contributed by atoms with Gasteiger partial charge in [-0.15, -0.1) is 0 Å². The maximum Gasteiger partial charge on any atom is 0.416 e. The molecule has 0 bridgehead atoms. The predicted molar refractivity (Wildman–Crippen MR) is 150 cm³/mol. The number of anilines is 2. The number of thioether (sulfide) groups is 1. The molecule has 3 amide bonds. The minimum Gasteiger partial charge on any atom is -0.368 e. The number of piperazine rings is 2. The first-order valence-electron chi connectivity index (χ1n) is 13.1. The second kappa shape index (κ2) is 12.7. The highest BCUT2D eigenvalue weighted by Gasteiger charge is 2.32. The molecule has 3 heterocycles. The first-order valence-corrected chi connectivity index (χ1v) is 14.5. The molecule has 0 aliphatic carbocycles. The molecule has 40 heavy (non-hydrogen) atoms. The number of aromatic nitrogens is 2. The van der Waals surface area contributed by atoms with Crippen molar-refractivity contribution >= 4 is 46.8 Å². The largest absolute Gasteiger partial charge is 0.416 e. The van der Waals surface area contributed by atoms with Crippen LogP contribution < -0.4 is 15.1 Å². The Morgan fingerprint density at radius 3 is 2.42 bits per heavy atom. The number of hydrogen-bond donors (Lipinski definition) is 1. The highest BCUT2D eigenvalue weighted by Crippen LogP contribution is 2.32. The second-order valence-corrected chi connectivity index (χ2v) is 11.5. The molecule has 2 aliphatic heterocycles. The maximum atomic E-state index is 13.1. The van der Waals surface area contributed by atoms with Gasteiger partial charge < -0.3 is 24.9 Å². The van der Waals surface area contributed by atoms with Crippen LogP contribution in [0.5, 0.6) is 0 Å². The van der Waals surface area contributed by atoms with E-state index in [9.17, 15) is 22.8 Å². The third-order valence-electron chi connectivity index (χ3n) is 6.78. The van der Waals surface area contributed by atoms with E-state index in [1.807, 2.05) is 25.7 Å². The van der Waals surface area contributed by atoms with Gasteiger partial charge in [-0.3, -0.25) is 4.79 Å². The number of hydrogen-bond acceptors (Lipinski definition) is 7. The minimum atomic E-state index is -4.40. The number of carbonyl (C=O) groups is 2. The van der Waals surface area contributed by atoms with Gasteiger partial charge in [0, 0.05) is 69.7 Å². The highest BCUT2D eigenvalue weighted by atomic mass is 35.5. The topological polar surface area (TPSA) is 84.9 Å². The molecule has 2 saturated heterocycles. The summed E-state index contributed by atoms with van der Waals surface area (Å²) in [5.74, 6) is 0.653. The number of benzene rings is 1. The number of carbonyl (C=O) groups excluding carboxylic acids is 2. The summed E-state index contributed by atoms with van der Waals surface area (Å²) in [6, 6.07) is 6.85. The fourth-order valence-electron chi connectivity index (χ4n) is 4.72. The van der Waals surface area contributed by atoms with Crippen LogP contribution in [0.3, 0.4) is 0 Å². The van der Waals surface area contributed by atoms with Crippen LogP contribution >= 0.6 is 23.4 Å². The van der Waals surface area contributed by atoms with Crippen LogP contribution in [-0.2, 0) is 11.0 Å². The first kappa shape index (κ1) is 30.0. The molecule has 2 aliphatic rings. The molecular formula is C26H33ClF3N7O2S. The van der Waals surface area contributed by atoms with Gasteiger partial charge in [0.25, 0.3) is 0 Å². The third kappa shape index (κ3) is 7.62. The van der Waals surface area contributed by atoms with Crippen molar-refractivity contribution in [3.8, 4) is 0 Å². The van der Waals surface area contributed by atoms with Gasteiger partial charge in [0.15, 0.2) is 5.16 Å². The van der Waals surface area contributed by atoms with Gasteiger partial charge in [0.2, 0.25) is 5.91 Å². The summed E-state index contributed by atoms with van der Waals surface area (Å²) in [4.78, 5) is 41.6. The monoisotopic (exact) mass is 599 g/mol. The van der Waals surface area contributed by atoms with Crippen LogP contribution in [0, 0.1) is 0 Å². The fraction of sp³-hybridized carbons (Fsp3) is 0.538. The Morgan fingerprint density at radius 2 is 1.77 bits per heavy atom. The van der Waals surface area contributed by atoms with Gasteiger partial charge in [-0.05, 0) is 39.0 Å². The molecule has 1 unspecified atom stereocenters. The van der Waals surface area contributed by atoms with Gasteiger partial charge in [-0.25, -0.2) is 14.8 Å². The van der Waals surface area contributed by atoms with E-state index >= 15 is 0 Å². The standard InChI is InChI=1S/C26H33ClF3N7O2S/c1-17(2)31-25(39)37-12-11-36(15-18(37)3)22-14-21(27)32-24(33-22)40-16-23(38)35-9-7-34(8-10-35)20-6-4-5-19(13-20)26(28,29)30/h4-6,13-14,17-18H,7-12,15-16H2,1-3H3,(H,31,39). The van der Waals surface area contributed by atoms with E-state index in [0.717, 1.165) is 12.1 Å². The fourth-order valence-corrected chi connectivity index (χ4v) is 5.70. The zero-order valence-electron chi connectivity index (χ0n) is 22.6. The Labute approximate surface area is 241 Å². The van der Waals surface area contributed by atoms with E-state index in [-0.39, 0.29) is 34.9 Å². The average molecular weight is 600 g/mol. The Kier molecular flexibility index (Phi) is 9.55. The lowest BCUT2D eigenvalue weighted by Gasteiger charge is -2.40. The lowest BCUT2D eigenvalue weighted by molar-refractivity contribution is -0.137. The van der Waals surface area contributed by atoms with E-state index in [0.29, 0.717) is 62.5 Å². The highest BCUT2D eigenvalue weighted by molar-refractivity contribution is 7.99. The van der Waals surface area contributed by atoms with Crippen LogP contribution in [0.25, 0.3) is 0 Å². The Hall–Kier alpha value is -2.93. The van der Waals surface area contributed by atoms with E-state index in [1.165, 1.54) is 17.8 Å². The normalized spacial score (nSPS) is 18.4. The number of halogens is 4. The minimum absolute atomic E-state index is 0.0338. The maximum absolute atomic E-state index is 13.1.